The normalized spacial score (nSPS) is 14.8. The van der Waals surface area contributed by atoms with E-state index in [9.17, 15) is 0 Å². The number of nitrogens with zero attached hydrogens (tertiary/aromatic N) is 3. The first-order valence-corrected chi connectivity index (χ1v) is 6.46. The summed E-state index contributed by atoms with van der Waals surface area (Å²) < 4.78 is 5.27. The van der Waals surface area contributed by atoms with Crippen LogP contribution >= 0.6 is 0 Å². The standard InChI is InChI=1S/C13H17N5O/c14-11-12(15-8-10-4-3-7-19-10)16-9-17-13(11)18-5-1-2-6-18/h3-4,7,9H,1-2,5-6,8,14H2,(H,15,16,17). The number of aromatic nitrogens is 2. The molecule has 0 spiro atoms. The Morgan fingerprint density at radius 2 is 2.16 bits per heavy atom. The Bertz CT molecular complexity index is 534. The molecule has 0 atom stereocenters. The number of hydrogen-bond acceptors (Lipinski definition) is 6. The van der Waals surface area contributed by atoms with Gasteiger partial charge in [-0.15, -0.1) is 0 Å². The van der Waals surface area contributed by atoms with Crippen LogP contribution in [-0.2, 0) is 6.54 Å². The molecule has 2 aromatic heterocycles. The van der Waals surface area contributed by atoms with Crippen molar-refractivity contribution in [2.45, 2.75) is 19.4 Å². The van der Waals surface area contributed by atoms with Crippen LogP contribution in [0.1, 0.15) is 18.6 Å². The molecule has 0 amide bonds. The maximum atomic E-state index is 6.14. The van der Waals surface area contributed by atoms with Crippen LogP contribution in [0.15, 0.2) is 29.1 Å². The number of rotatable bonds is 4. The molecule has 3 heterocycles. The molecule has 0 aliphatic carbocycles. The molecule has 100 valence electrons. The summed E-state index contributed by atoms with van der Waals surface area (Å²) in [7, 11) is 0. The fraction of sp³-hybridized carbons (Fsp3) is 0.385. The van der Waals surface area contributed by atoms with E-state index in [2.05, 4.69) is 20.2 Å². The Balaban J connectivity index is 1.76. The molecule has 19 heavy (non-hydrogen) atoms. The third-order valence-corrected chi connectivity index (χ3v) is 3.28. The first-order valence-electron chi connectivity index (χ1n) is 6.46. The number of hydrogen-bond donors (Lipinski definition) is 2. The van der Waals surface area contributed by atoms with Gasteiger partial charge in [0.05, 0.1) is 12.8 Å². The van der Waals surface area contributed by atoms with Gasteiger partial charge in [0, 0.05) is 13.1 Å². The molecular formula is C13H17N5O. The highest BCUT2D eigenvalue weighted by molar-refractivity contribution is 5.75. The summed E-state index contributed by atoms with van der Waals surface area (Å²) in [6.45, 7) is 2.59. The molecule has 0 aromatic carbocycles. The summed E-state index contributed by atoms with van der Waals surface area (Å²) in [6, 6.07) is 3.77. The summed E-state index contributed by atoms with van der Waals surface area (Å²) in [5.74, 6) is 2.34. The lowest BCUT2D eigenvalue weighted by Crippen LogP contribution is -2.21. The van der Waals surface area contributed by atoms with Gasteiger partial charge in [0.2, 0.25) is 0 Å². The van der Waals surface area contributed by atoms with Gasteiger partial charge < -0.3 is 20.4 Å². The van der Waals surface area contributed by atoms with Crippen molar-refractivity contribution in [2.75, 3.05) is 29.0 Å². The van der Waals surface area contributed by atoms with E-state index >= 15 is 0 Å². The summed E-state index contributed by atoms with van der Waals surface area (Å²) >= 11 is 0. The highest BCUT2D eigenvalue weighted by Gasteiger charge is 2.18. The van der Waals surface area contributed by atoms with Crippen LogP contribution in [0.25, 0.3) is 0 Å². The molecule has 2 aromatic rings. The molecule has 6 nitrogen and oxygen atoms in total. The minimum absolute atomic E-state index is 0.563. The molecule has 1 fully saturated rings. The Labute approximate surface area is 111 Å². The van der Waals surface area contributed by atoms with Crippen LogP contribution in [0.4, 0.5) is 17.3 Å². The molecule has 0 radical (unpaired) electrons. The zero-order chi connectivity index (χ0) is 13.1. The Hall–Kier alpha value is -2.24. The molecule has 3 N–H and O–H groups in total. The van der Waals surface area contributed by atoms with Crippen LogP contribution in [0.2, 0.25) is 0 Å². The van der Waals surface area contributed by atoms with E-state index in [0.717, 1.165) is 24.7 Å². The van der Waals surface area contributed by atoms with Crippen LogP contribution < -0.4 is 16.0 Å². The monoisotopic (exact) mass is 259 g/mol. The molecule has 1 aliphatic heterocycles. The van der Waals surface area contributed by atoms with E-state index in [4.69, 9.17) is 10.2 Å². The van der Waals surface area contributed by atoms with Crippen molar-refractivity contribution in [2.24, 2.45) is 0 Å². The molecular weight excluding hydrogens is 242 g/mol. The van der Waals surface area contributed by atoms with Gasteiger partial charge in [-0.25, -0.2) is 9.97 Å². The number of nitrogen functional groups attached to an aromatic ring is 1. The van der Waals surface area contributed by atoms with Gasteiger partial charge in [-0.05, 0) is 25.0 Å². The smallest absolute Gasteiger partial charge is 0.157 e. The SMILES string of the molecule is Nc1c(NCc2ccco2)ncnc1N1CCCC1. The quantitative estimate of drug-likeness (QED) is 0.872. The lowest BCUT2D eigenvalue weighted by atomic mass is 10.3. The van der Waals surface area contributed by atoms with Gasteiger partial charge >= 0.3 is 0 Å². The van der Waals surface area contributed by atoms with Gasteiger partial charge in [-0.2, -0.15) is 0 Å². The van der Waals surface area contributed by atoms with Crippen molar-refractivity contribution in [3.05, 3.63) is 30.5 Å². The molecule has 3 rings (SSSR count). The maximum Gasteiger partial charge on any atom is 0.157 e. The largest absolute Gasteiger partial charge is 0.467 e. The fourth-order valence-electron chi connectivity index (χ4n) is 2.29. The zero-order valence-electron chi connectivity index (χ0n) is 10.7. The van der Waals surface area contributed by atoms with Crippen LogP contribution in [0, 0.1) is 0 Å². The minimum atomic E-state index is 0.563. The van der Waals surface area contributed by atoms with Crippen molar-refractivity contribution in [1.29, 1.82) is 0 Å². The van der Waals surface area contributed by atoms with Crippen molar-refractivity contribution in [1.82, 2.24) is 9.97 Å². The van der Waals surface area contributed by atoms with Gasteiger partial charge in [-0.1, -0.05) is 0 Å². The number of anilines is 3. The van der Waals surface area contributed by atoms with E-state index in [1.807, 2.05) is 12.1 Å². The average Bonchev–Trinajstić information content (AvgIpc) is 3.11. The molecule has 1 aliphatic rings. The second kappa shape index (κ2) is 5.17. The minimum Gasteiger partial charge on any atom is -0.467 e. The fourth-order valence-corrected chi connectivity index (χ4v) is 2.29. The van der Waals surface area contributed by atoms with E-state index in [-0.39, 0.29) is 0 Å². The van der Waals surface area contributed by atoms with Crippen molar-refractivity contribution < 1.29 is 4.42 Å². The second-order valence-electron chi connectivity index (χ2n) is 4.59. The lowest BCUT2D eigenvalue weighted by molar-refractivity contribution is 0.518. The summed E-state index contributed by atoms with van der Waals surface area (Å²) in [5.41, 5.74) is 6.75. The predicted octanol–water partition coefficient (Wildman–Crippen LogP) is 1.86. The van der Waals surface area contributed by atoms with Crippen molar-refractivity contribution in [3.8, 4) is 0 Å². The third-order valence-electron chi connectivity index (χ3n) is 3.28. The Kier molecular flexibility index (Phi) is 3.22. The zero-order valence-corrected chi connectivity index (χ0v) is 10.7. The third kappa shape index (κ3) is 2.47. The van der Waals surface area contributed by atoms with Crippen LogP contribution in [0.3, 0.4) is 0 Å². The van der Waals surface area contributed by atoms with Crippen molar-refractivity contribution >= 4 is 17.3 Å². The lowest BCUT2D eigenvalue weighted by Gasteiger charge is -2.19. The van der Waals surface area contributed by atoms with Gasteiger partial charge in [0.25, 0.3) is 0 Å². The highest BCUT2D eigenvalue weighted by Crippen LogP contribution is 2.28. The predicted molar refractivity (Wildman–Crippen MR) is 73.9 cm³/mol. The van der Waals surface area contributed by atoms with E-state index in [1.54, 1.807) is 12.6 Å². The van der Waals surface area contributed by atoms with Gasteiger partial charge in [-0.3, -0.25) is 0 Å². The highest BCUT2D eigenvalue weighted by atomic mass is 16.3. The molecule has 0 saturated carbocycles. The number of nitrogens with two attached hydrogens (primary N) is 1. The van der Waals surface area contributed by atoms with Gasteiger partial charge in [0.1, 0.15) is 17.8 Å². The topological polar surface area (TPSA) is 80.2 Å². The Morgan fingerprint density at radius 1 is 1.32 bits per heavy atom. The van der Waals surface area contributed by atoms with Crippen LogP contribution in [-0.4, -0.2) is 23.1 Å². The summed E-state index contributed by atoms with van der Waals surface area (Å²) in [4.78, 5) is 10.7. The average molecular weight is 259 g/mol. The van der Waals surface area contributed by atoms with Gasteiger partial charge in [0.15, 0.2) is 11.6 Å². The number of furan rings is 1. The van der Waals surface area contributed by atoms with E-state index in [0.29, 0.717) is 18.1 Å². The maximum absolute atomic E-state index is 6.14. The number of nitrogens with one attached hydrogen (secondary N) is 1. The molecule has 0 bridgehead atoms. The summed E-state index contributed by atoms with van der Waals surface area (Å²) in [6.07, 6.45) is 5.59. The van der Waals surface area contributed by atoms with E-state index in [1.165, 1.54) is 12.8 Å². The first kappa shape index (κ1) is 11.8. The Morgan fingerprint density at radius 3 is 2.89 bits per heavy atom. The van der Waals surface area contributed by atoms with Crippen molar-refractivity contribution in [3.63, 3.8) is 0 Å². The second-order valence-corrected chi connectivity index (χ2v) is 4.59. The molecule has 1 saturated heterocycles. The van der Waals surface area contributed by atoms with Crippen LogP contribution in [0.5, 0.6) is 0 Å². The van der Waals surface area contributed by atoms with E-state index < -0.39 is 0 Å². The molecule has 0 unspecified atom stereocenters. The first-order chi connectivity index (χ1) is 9.34. The molecule has 6 heteroatoms. The summed E-state index contributed by atoms with van der Waals surface area (Å²) in [5, 5.41) is 3.18.